The van der Waals surface area contributed by atoms with Crippen LogP contribution in [0, 0.1) is 6.92 Å². The lowest BCUT2D eigenvalue weighted by Gasteiger charge is -2.11. The SMILES string of the molecule is Cc1ccc(OCc2cncs2)c(CCN)c1. The normalized spacial score (nSPS) is 10.5. The van der Waals surface area contributed by atoms with E-state index in [-0.39, 0.29) is 0 Å². The molecule has 17 heavy (non-hydrogen) atoms. The molecule has 1 aromatic carbocycles. The van der Waals surface area contributed by atoms with Crippen LogP contribution in [0.2, 0.25) is 0 Å². The highest BCUT2D eigenvalue weighted by Crippen LogP contribution is 2.22. The standard InChI is InChI=1S/C13H16N2OS/c1-10-2-3-13(11(6-10)4-5-14)16-8-12-7-15-9-17-12/h2-3,6-7,9H,4-5,8,14H2,1H3. The van der Waals surface area contributed by atoms with Gasteiger partial charge in [-0.1, -0.05) is 17.7 Å². The number of benzene rings is 1. The Bertz CT molecular complexity index is 468. The first-order valence-corrected chi connectivity index (χ1v) is 6.47. The first-order valence-electron chi connectivity index (χ1n) is 5.59. The monoisotopic (exact) mass is 248 g/mol. The smallest absolute Gasteiger partial charge is 0.124 e. The molecule has 2 rings (SSSR count). The third-order valence-electron chi connectivity index (χ3n) is 2.48. The molecule has 2 aromatic rings. The molecule has 90 valence electrons. The van der Waals surface area contributed by atoms with Gasteiger partial charge in [0, 0.05) is 6.20 Å². The van der Waals surface area contributed by atoms with Crippen molar-refractivity contribution in [1.82, 2.24) is 4.98 Å². The zero-order valence-electron chi connectivity index (χ0n) is 9.85. The van der Waals surface area contributed by atoms with Crippen molar-refractivity contribution in [3.63, 3.8) is 0 Å². The van der Waals surface area contributed by atoms with E-state index in [2.05, 4.69) is 24.0 Å². The molecule has 0 saturated carbocycles. The number of aromatic nitrogens is 1. The lowest BCUT2D eigenvalue weighted by atomic mass is 10.1. The summed E-state index contributed by atoms with van der Waals surface area (Å²) in [5.41, 5.74) is 9.83. The van der Waals surface area contributed by atoms with Crippen LogP contribution in [0.5, 0.6) is 5.75 Å². The van der Waals surface area contributed by atoms with Crippen LogP contribution in [0.25, 0.3) is 0 Å². The van der Waals surface area contributed by atoms with E-state index >= 15 is 0 Å². The molecule has 1 aromatic heterocycles. The van der Waals surface area contributed by atoms with Crippen molar-refractivity contribution in [3.05, 3.63) is 45.9 Å². The second kappa shape index (κ2) is 5.80. The van der Waals surface area contributed by atoms with Gasteiger partial charge in [-0.25, -0.2) is 0 Å². The fraction of sp³-hybridized carbons (Fsp3) is 0.308. The largest absolute Gasteiger partial charge is 0.488 e. The summed E-state index contributed by atoms with van der Waals surface area (Å²) in [6, 6.07) is 6.21. The van der Waals surface area contributed by atoms with Gasteiger partial charge >= 0.3 is 0 Å². The number of nitrogens with zero attached hydrogens (tertiary/aromatic N) is 1. The molecule has 3 nitrogen and oxygen atoms in total. The van der Waals surface area contributed by atoms with Gasteiger partial charge in [-0.05, 0) is 31.5 Å². The molecule has 0 amide bonds. The van der Waals surface area contributed by atoms with Crippen molar-refractivity contribution in [3.8, 4) is 5.75 Å². The molecule has 0 aliphatic heterocycles. The minimum atomic E-state index is 0.575. The Morgan fingerprint density at radius 1 is 1.41 bits per heavy atom. The molecule has 0 spiro atoms. The molecule has 1 heterocycles. The summed E-state index contributed by atoms with van der Waals surface area (Å²) in [4.78, 5) is 5.15. The van der Waals surface area contributed by atoms with E-state index < -0.39 is 0 Å². The topological polar surface area (TPSA) is 48.1 Å². The molecule has 0 saturated heterocycles. The van der Waals surface area contributed by atoms with Crippen LogP contribution in [-0.4, -0.2) is 11.5 Å². The molecule has 0 atom stereocenters. The van der Waals surface area contributed by atoms with Gasteiger partial charge in [-0.3, -0.25) is 4.98 Å². The summed E-state index contributed by atoms with van der Waals surface area (Å²) in [5.74, 6) is 0.925. The van der Waals surface area contributed by atoms with E-state index in [0.717, 1.165) is 17.0 Å². The van der Waals surface area contributed by atoms with E-state index in [4.69, 9.17) is 10.5 Å². The third kappa shape index (κ3) is 3.28. The Hall–Kier alpha value is -1.39. The number of hydrogen-bond donors (Lipinski definition) is 1. The molecular formula is C13H16N2OS. The van der Waals surface area contributed by atoms with Gasteiger partial charge in [-0.2, -0.15) is 0 Å². The second-order valence-corrected chi connectivity index (χ2v) is 4.88. The Kier molecular flexibility index (Phi) is 4.12. The van der Waals surface area contributed by atoms with E-state index in [1.54, 1.807) is 11.3 Å². The number of ether oxygens (including phenoxy) is 1. The van der Waals surface area contributed by atoms with Crippen molar-refractivity contribution in [2.75, 3.05) is 6.54 Å². The Labute approximate surface area is 105 Å². The maximum absolute atomic E-state index is 5.80. The zero-order valence-corrected chi connectivity index (χ0v) is 10.7. The first kappa shape index (κ1) is 12.1. The fourth-order valence-electron chi connectivity index (χ4n) is 1.66. The number of rotatable bonds is 5. The van der Waals surface area contributed by atoms with Crippen molar-refractivity contribution >= 4 is 11.3 Å². The summed E-state index contributed by atoms with van der Waals surface area (Å²) < 4.78 is 5.80. The lowest BCUT2D eigenvalue weighted by molar-refractivity contribution is 0.306. The van der Waals surface area contributed by atoms with E-state index in [0.29, 0.717) is 13.2 Å². The van der Waals surface area contributed by atoms with Gasteiger partial charge in [0.05, 0.1) is 10.4 Å². The summed E-state index contributed by atoms with van der Waals surface area (Å²) in [6.45, 7) is 3.29. The Morgan fingerprint density at radius 3 is 3.00 bits per heavy atom. The predicted molar refractivity (Wildman–Crippen MR) is 70.4 cm³/mol. The van der Waals surface area contributed by atoms with Crippen LogP contribution in [0.1, 0.15) is 16.0 Å². The van der Waals surface area contributed by atoms with E-state index in [1.807, 2.05) is 17.8 Å². The summed E-state index contributed by atoms with van der Waals surface area (Å²) in [6.07, 6.45) is 2.68. The summed E-state index contributed by atoms with van der Waals surface area (Å²) in [7, 11) is 0. The van der Waals surface area contributed by atoms with Crippen molar-refractivity contribution < 1.29 is 4.74 Å². The minimum Gasteiger partial charge on any atom is -0.488 e. The highest BCUT2D eigenvalue weighted by Gasteiger charge is 2.04. The summed E-state index contributed by atoms with van der Waals surface area (Å²) >= 11 is 1.60. The Morgan fingerprint density at radius 2 is 2.29 bits per heavy atom. The van der Waals surface area contributed by atoms with Crippen LogP contribution >= 0.6 is 11.3 Å². The average molecular weight is 248 g/mol. The van der Waals surface area contributed by atoms with E-state index in [9.17, 15) is 0 Å². The average Bonchev–Trinajstić information content (AvgIpc) is 2.81. The molecule has 0 unspecified atom stereocenters. The summed E-state index contributed by atoms with van der Waals surface area (Å²) in [5, 5.41) is 0. The molecule has 4 heteroatoms. The Balaban J connectivity index is 2.08. The quantitative estimate of drug-likeness (QED) is 0.884. The van der Waals surface area contributed by atoms with Crippen LogP contribution in [0.3, 0.4) is 0 Å². The van der Waals surface area contributed by atoms with Gasteiger partial charge in [0.1, 0.15) is 12.4 Å². The lowest BCUT2D eigenvalue weighted by Crippen LogP contribution is -2.05. The van der Waals surface area contributed by atoms with Crippen LogP contribution < -0.4 is 10.5 Å². The molecule has 0 bridgehead atoms. The minimum absolute atomic E-state index is 0.575. The fourth-order valence-corrected chi connectivity index (χ4v) is 2.17. The maximum Gasteiger partial charge on any atom is 0.124 e. The second-order valence-electron chi connectivity index (χ2n) is 3.91. The molecule has 0 radical (unpaired) electrons. The van der Waals surface area contributed by atoms with Crippen molar-refractivity contribution in [2.45, 2.75) is 20.0 Å². The molecule has 0 aliphatic carbocycles. The van der Waals surface area contributed by atoms with Crippen LogP contribution in [0.15, 0.2) is 29.9 Å². The molecular weight excluding hydrogens is 232 g/mol. The number of hydrogen-bond acceptors (Lipinski definition) is 4. The first-order chi connectivity index (χ1) is 8.29. The van der Waals surface area contributed by atoms with Crippen LogP contribution in [0.4, 0.5) is 0 Å². The van der Waals surface area contributed by atoms with E-state index in [1.165, 1.54) is 11.1 Å². The van der Waals surface area contributed by atoms with Gasteiger partial charge in [-0.15, -0.1) is 11.3 Å². The van der Waals surface area contributed by atoms with Gasteiger partial charge in [0.2, 0.25) is 0 Å². The van der Waals surface area contributed by atoms with Crippen molar-refractivity contribution in [2.24, 2.45) is 5.73 Å². The van der Waals surface area contributed by atoms with Crippen molar-refractivity contribution in [1.29, 1.82) is 0 Å². The predicted octanol–water partition coefficient (Wildman–Crippen LogP) is 2.53. The maximum atomic E-state index is 5.80. The molecule has 2 N–H and O–H groups in total. The highest BCUT2D eigenvalue weighted by molar-refractivity contribution is 7.09. The highest BCUT2D eigenvalue weighted by atomic mass is 32.1. The number of nitrogens with two attached hydrogens (primary N) is 1. The van der Waals surface area contributed by atoms with Crippen LogP contribution in [-0.2, 0) is 13.0 Å². The molecule has 0 aliphatic rings. The zero-order chi connectivity index (χ0) is 12.1. The van der Waals surface area contributed by atoms with Gasteiger partial charge in [0.25, 0.3) is 0 Å². The number of thiazole rings is 1. The van der Waals surface area contributed by atoms with Gasteiger partial charge in [0.15, 0.2) is 0 Å². The van der Waals surface area contributed by atoms with Gasteiger partial charge < -0.3 is 10.5 Å². The number of aryl methyl sites for hydroxylation is 1. The third-order valence-corrected chi connectivity index (χ3v) is 3.24. The molecule has 0 fully saturated rings.